The number of nitrogens with one attached hydrogen (secondary N) is 1. The molecule has 1 aromatic carbocycles. The quantitative estimate of drug-likeness (QED) is 0.652. The first-order valence-electron chi connectivity index (χ1n) is 7.88. The highest BCUT2D eigenvalue weighted by Gasteiger charge is 2.07. The lowest BCUT2D eigenvalue weighted by Gasteiger charge is -2.09. The first-order chi connectivity index (χ1) is 11.7. The predicted molar refractivity (Wildman–Crippen MR) is 102 cm³/mol. The molecule has 6 heteroatoms. The van der Waals surface area contributed by atoms with Gasteiger partial charge >= 0.3 is 0 Å². The summed E-state index contributed by atoms with van der Waals surface area (Å²) in [6.45, 7) is 2.79. The molecule has 1 N–H and O–H groups in total. The van der Waals surface area contributed by atoms with E-state index in [-0.39, 0.29) is 0 Å². The summed E-state index contributed by atoms with van der Waals surface area (Å²) in [7, 11) is 0. The van der Waals surface area contributed by atoms with Crippen LogP contribution in [0.3, 0.4) is 0 Å². The van der Waals surface area contributed by atoms with Crippen molar-refractivity contribution >= 4 is 40.1 Å². The Labute approximate surface area is 151 Å². The van der Waals surface area contributed by atoms with Crippen LogP contribution in [0.4, 0.5) is 5.82 Å². The van der Waals surface area contributed by atoms with Crippen LogP contribution in [0.15, 0.2) is 41.7 Å². The van der Waals surface area contributed by atoms with Crippen LogP contribution in [-0.2, 0) is 12.8 Å². The molecule has 24 heavy (non-hydrogen) atoms. The summed E-state index contributed by atoms with van der Waals surface area (Å²) in [5.74, 6) is 0.701. The van der Waals surface area contributed by atoms with Crippen LogP contribution in [0, 0.1) is 0 Å². The number of halogens is 1. The maximum absolute atomic E-state index is 6.30. The fourth-order valence-corrected chi connectivity index (χ4v) is 3.21. The van der Waals surface area contributed by atoms with Crippen molar-refractivity contribution < 1.29 is 0 Å². The summed E-state index contributed by atoms with van der Waals surface area (Å²) in [6, 6.07) is 10.6. The minimum absolute atomic E-state index is 0.616. The lowest BCUT2D eigenvalue weighted by atomic mass is 10.1. The molecular weight excluding hydrogens is 340 g/mol. The molecule has 0 spiro atoms. The van der Waals surface area contributed by atoms with Crippen molar-refractivity contribution in [2.75, 3.05) is 18.1 Å². The second-order valence-electron chi connectivity index (χ2n) is 5.39. The van der Waals surface area contributed by atoms with Gasteiger partial charge in [0.2, 0.25) is 0 Å². The van der Waals surface area contributed by atoms with E-state index in [1.165, 1.54) is 5.56 Å². The Hall–Kier alpha value is -1.85. The standard InChI is InChI=1S/C18H19ClN4S/c1-3-14-17(19)18(22-11-21-14)20-9-8-12-4-5-13-6-7-16(24-2)23-15(13)10-12/h4-7,10-11H,3,8-9H2,1-2H3,(H,20,21,22). The number of anilines is 1. The second-order valence-corrected chi connectivity index (χ2v) is 6.60. The summed E-state index contributed by atoms with van der Waals surface area (Å²) in [4.78, 5) is 13.1. The largest absolute Gasteiger partial charge is 0.368 e. The molecule has 0 aliphatic carbocycles. The number of thioether (sulfide) groups is 1. The number of aromatic nitrogens is 3. The third-order valence-corrected chi connectivity index (χ3v) is 4.89. The minimum Gasteiger partial charge on any atom is -0.368 e. The van der Waals surface area contributed by atoms with E-state index in [0.717, 1.165) is 41.0 Å². The van der Waals surface area contributed by atoms with Gasteiger partial charge in [0, 0.05) is 11.9 Å². The first-order valence-corrected chi connectivity index (χ1v) is 9.48. The van der Waals surface area contributed by atoms with Gasteiger partial charge in [-0.25, -0.2) is 15.0 Å². The zero-order valence-corrected chi connectivity index (χ0v) is 15.3. The maximum atomic E-state index is 6.30. The van der Waals surface area contributed by atoms with E-state index in [4.69, 9.17) is 11.6 Å². The zero-order valence-electron chi connectivity index (χ0n) is 13.7. The Kier molecular flexibility index (Phi) is 5.53. The summed E-state index contributed by atoms with van der Waals surface area (Å²) in [6.07, 6.45) is 5.27. The van der Waals surface area contributed by atoms with E-state index in [0.29, 0.717) is 10.8 Å². The molecule has 0 saturated heterocycles. The Balaban J connectivity index is 1.69. The highest BCUT2D eigenvalue weighted by molar-refractivity contribution is 7.98. The number of aryl methyl sites for hydroxylation is 1. The fourth-order valence-electron chi connectivity index (χ4n) is 2.51. The lowest BCUT2D eigenvalue weighted by molar-refractivity contribution is 0.968. The SMILES string of the molecule is CCc1ncnc(NCCc2ccc3ccc(SC)nc3c2)c1Cl. The molecule has 2 heterocycles. The third-order valence-electron chi connectivity index (χ3n) is 3.84. The van der Waals surface area contributed by atoms with Gasteiger partial charge < -0.3 is 5.32 Å². The molecule has 3 aromatic rings. The van der Waals surface area contributed by atoms with Crippen LogP contribution in [0.5, 0.6) is 0 Å². The van der Waals surface area contributed by atoms with Crippen LogP contribution in [0.25, 0.3) is 10.9 Å². The highest BCUT2D eigenvalue weighted by atomic mass is 35.5. The Morgan fingerprint density at radius 3 is 2.79 bits per heavy atom. The molecule has 0 atom stereocenters. The van der Waals surface area contributed by atoms with Crippen molar-refractivity contribution in [2.24, 2.45) is 0 Å². The molecule has 0 unspecified atom stereocenters. The predicted octanol–water partition coefficient (Wildman–Crippen LogP) is 4.62. The Morgan fingerprint density at radius 1 is 1.17 bits per heavy atom. The zero-order chi connectivity index (χ0) is 16.9. The van der Waals surface area contributed by atoms with Crippen LogP contribution in [0.2, 0.25) is 5.02 Å². The number of hydrogen-bond donors (Lipinski definition) is 1. The van der Waals surface area contributed by atoms with E-state index in [1.54, 1.807) is 18.1 Å². The number of nitrogens with zero attached hydrogens (tertiary/aromatic N) is 3. The molecule has 2 aromatic heterocycles. The van der Waals surface area contributed by atoms with Gasteiger partial charge in [0.15, 0.2) is 0 Å². The molecule has 124 valence electrons. The van der Waals surface area contributed by atoms with Gasteiger partial charge in [-0.1, -0.05) is 36.7 Å². The molecule has 4 nitrogen and oxygen atoms in total. The molecule has 0 bridgehead atoms. The first kappa shape index (κ1) is 17.0. The maximum Gasteiger partial charge on any atom is 0.148 e. The van der Waals surface area contributed by atoms with E-state index >= 15 is 0 Å². The van der Waals surface area contributed by atoms with Crippen molar-refractivity contribution in [3.63, 3.8) is 0 Å². The topological polar surface area (TPSA) is 50.7 Å². The number of fused-ring (bicyclic) bond motifs is 1. The van der Waals surface area contributed by atoms with Crippen LogP contribution in [-0.4, -0.2) is 27.8 Å². The van der Waals surface area contributed by atoms with Crippen molar-refractivity contribution in [3.8, 4) is 0 Å². The van der Waals surface area contributed by atoms with Crippen molar-refractivity contribution in [1.29, 1.82) is 0 Å². The van der Waals surface area contributed by atoms with Crippen LogP contribution < -0.4 is 5.32 Å². The molecule has 0 radical (unpaired) electrons. The minimum atomic E-state index is 0.616. The average molecular weight is 359 g/mol. The number of pyridine rings is 1. The Morgan fingerprint density at radius 2 is 2.00 bits per heavy atom. The van der Waals surface area contributed by atoms with Crippen molar-refractivity contribution in [2.45, 2.75) is 24.8 Å². The average Bonchev–Trinajstić information content (AvgIpc) is 2.62. The number of hydrogen-bond acceptors (Lipinski definition) is 5. The number of rotatable bonds is 6. The molecule has 0 amide bonds. The lowest BCUT2D eigenvalue weighted by Crippen LogP contribution is -2.08. The second kappa shape index (κ2) is 7.81. The van der Waals surface area contributed by atoms with Gasteiger partial charge in [-0.05, 0) is 36.8 Å². The third kappa shape index (κ3) is 3.79. The van der Waals surface area contributed by atoms with E-state index in [9.17, 15) is 0 Å². The monoisotopic (exact) mass is 358 g/mol. The van der Waals surface area contributed by atoms with Crippen molar-refractivity contribution in [1.82, 2.24) is 15.0 Å². The van der Waals surface area contributed by atoms with Crippen LogP contribution >= 0.6 is 23.4 Å². The summed E-state index contributed by atoms with van der Waals surface area (Å²) in [5, 5.41) is 6.12. The fraction of sp³-hybridized carbons (Fsp3) is 0.278. The van der Waals surface area contributed by atoms with Gasteiger partial charge in [-0.3, -0.25) is 0 Å². The van der Waals surface area contributed by atoms with Gasteiger partial charge in [0.1, 0.15) is 17.2 Å². The van der Waals surface area contributed by atoms with E-state index in [2.05, 4.69) is 50.6 Å². The summed E-state index contributed by atoms with van der Waals surface area (Å²) < 4.78 is 0. The molecular formula is C18H19ClN4S. The van der Waals surface area contributed by atoms with Crippen molar-refractivity contribution in [3.05, 3.63) is 52.9 Å². The van der Waals surface area contributed by atoms with Gasteiger partial charge in [-0.15, -0.1) is 11.8 Å². The molecule has 0 aliphatic rings. The normalized spacial score (nSPS) is 11.0. The smallest absolute Gasteiger partial charge is 0.148 e. The van der Waals surface area contributed by atoms with Gasteiger partial charge in [0.05, 0.1) is 16.2 Å². The van der Waals surface area contributed by atoms with E-state index < -0.39 is 0 Å². The summed E-state index contributed by atoms with van der Waals surface area (Å²) >= 11 is 7.96. The molecule has 3 rings (SSSR count). The van der Waals surface area contributed by atoms with Gasteiger partial charge in [0.25, 0.3) is 0 Å². The highest BCUT2D eigenvalue weighted by Crippen LogP contribution is 2.22. The molecule has 0 saturated carbocycles. The van der Waals surface area contributed by atoms with E-state index in [1.807, 2.05) is 13.2 Å². The Bertz CT molecular complexity index is 854. The molecule has 0 aliphatic heterocycles. The van der Waals surface area contributed by atoms with Crippen LogP contribution in [0.1, 0.15) is 18.2 Å². The molecule has 0 fully saturated rings. The van der Waals surface area contributed by atoms with Gasteiger partial charge in [-0.2, -0.15) is 0 Å². The number of benzene rings is 1. The summed E-state index contributed by atoms with van der Waals surface area (Å²) in [5.41, 5.74) is 3.14.